The van der Waals surface area contributed by atoms with Gasteiger partial charge in [0.2, 0.25) is 0 Å². The second-order valence-electron chi connectivity index (χ2n) is 8.64. The number of carbonyl (C=O) groups is 1. The zero-order valence-corrected chi connectivity index (χ0v) is 19.6. The third kappa shape index (κ3) is 4.33. The molecule has 0 unspecified atom stereocenters. The lowest BCUT2D eigenvalue weighted by Gasteiger charge is -2.02. The van der Waals surface area contributed by atoms with Crippen LogP contribution in [0.1, 0.15) is 31.2 Å². The summed E-state index contributed by atoms with van der Waals surface area (Å²) in [5.41, 5.74) is 2.33. The SMILES string of the molecule is O=C1NC(=NC2CCCC2)S/C1=C\c1cn(-c2ccccc2)nc1-c1cc2ccccc2oc1=O. The number of hydrogen-bond acceptors (Lipinski definition) is 6. The van der Waals surface area contributed by atoms with E-state index in [1.54, 1.807) is 22.9 Å². The van der Waals surface area contributed by atoms with Gasteiger partial charge in [-0.1, -0.05) is 49.2 Å². The van der Waals surface area contributed by atoms with Crippen molar-refractivity contribution in [2.75, 3.05) is 0 Å². The quantitative estimate of drug-likeness (QED) is 0.321. The molecule has 174 valence electrons. The van der Waals surface area contributed by atoms with Crippen molar-refractivity contribution < 1.29 is 9.21 Å². The molecular weight excluding hydrogens is 460 g/mol. The smallest absolute Gasteiger partial charge is 0.345 e. The van der Waals surface area contributed by atoms with E-state index in [0.717, 1.165) is 23.9 Å². The van der Waals surface area contributed by atoms with E-state index in [9.17, 15) is 9.59 Å². The molecule has 3 heterocycles. The molecule has 1 aliphatic heterocycles. The van der Waals surface area contributed by atoms with E-state index in [0.29, 0.717) is 32.5 Å². The van der Waals surface area contributed by atoms with E-state index in [2.05, 4.69) is 5.32 Å². The Bertz CT molecular complexity index is 1550. The Morgan fingerprint density at radius 1 is 1.06 bits per heavy atom. The first-order chi connectivity index (χ1) is 17.1. The molecule has 0 bridgehead atoms. The molecule has 1 saturated carbocycles. The van der Waals surface area contributed by atoms with Crippen molar-refractivity contribution in [1.82, 2.24) is 15.1 Å². The Kier molecular flexibility index (Phi) is 5.58. The predicted octanol–water partition coefficient (Wildman–Crippen LogP) is 5.15. The first kappa shape index (κ1) is 21.6. The van der Waals surface area contributed by atoms with Gasteiger partial charge in [0, 0.05) is 17.1 Å². The van der Waals surface area contributed by atoms with Crippen LogP contribution in [0.3, 0.4) is 0 Å². The summed E-state index contributed by atoms with van der Waals surface area (Å²) in [5.74, 6) is -0.198. The number of thioether (sulfide) groups is 1. The van der Waals surface area contributed by atoms with E-state index < -0.39 is 5.63 Å². The molecule has 0 spiro atoms. The van der Waals surface area contributed by atoms with Crippen molar-refractivity contribution in [3.63, 3.8) is 0 Å². The van der Waals surface area contributed by atoms with Crippen LogP contribution in [-0.4, -0.2) is 26.9 Å². The maximum absolute atomic E-state index is 12.9. The van der Waals surface area contributed by atoms with Crippen molar-refractivity contribution in [3.05, 3.63) is 87.7 Å². The highest BCUT2D eigenvalue weighted by Gasteiger charge is 2.27. The van der Waals surface area contributed by atoms with Gasteiger partial charge in [-0.2, -0.15) is 5.10 Å². The second-order valence-corrected chi connectivity index (χ2v) is 9.67. The zero-order valence-electron chi connectivity index (χ0n) is 18.8. The summed E-state index contributed by atoms with van der Waals surface area (Å²) in [4.78, 5) is 30.9. The van der Waals surface area contributed by atoms with Crippen molar-refractivity contribution in [2.45, 2.75) is 31.7 Å². The van der Waals surface area contributed by atoms with Gasteiger partial charge in [-0.15, -0.1) is 0 Å². The average Bonchev–Trinajstić information content (AvgIpc) is 3.61. The number of nitrogens with zero attached hydrogens (tertiary/aromatic N) is 3. The molecule has 7 nitrogen and oxygen atoms in total. The number of hydrogen-bond donors (Lipinski definition) is 1. The molecule has 2 aromatic heterocycles. The van der Waals surface area contributed by atoms with Gasteiger partial charge in [-0.25, -0.2) is 9.48 Å². The van der Waals surface area contributed by atoms with Crippen molar-refractivity contribution in [2.24, 2.45) is 4.99 Å². The summed E-state index contributed by atoms with van der Waals surface area (Å²) in [6, 6.07) is 19.1. The topological polar surface area (TPSA) is 89.5 Å². The van der Waals surface area contributed by atoms with E-state index in [4.69, 9.17) is 14.5 Å². The number of rotatable bonds is 4. The molecule has 0 atom stereocenters. The fourth-order valence-electron chi connectivity index (χ4n) is 4.47. The van der Waals surface area contributed by atoms with Crippen LogP contribution in [0, 0.1) is 0 Å². The average molecular weight is 483 g/mol. The van der Waals surface area contributed by atoms with E-state index in [1.807, 2.05) is 54.7 Å². The second kappa shape index (κ2) is 9.03. The monoisotopic (exact) mass is 482 g/mol. The number of carbonyl (C=O) groups excluding carboxylic acids is 1. The zero-order chi connectivity index (χ0) is 23.8. The lowest BCUT2D eigenvalue weighted by Crippen LogP contribution is -2.21. The third-order valence-electron chi connectivity index (χ3n) is 6.22. The minimum atomic E-state index is -0.478. The van der Waals surface area contributed by atoms with Gasteiger partial charge in [0.15, 0.2) is 5.17 Å². The van der Waals surface area contributed by atoms with Crippen LogP contribution in [0.5, 0.6) is 0 Å². The Morgan fingerprint density at radius 2 is 1.83 bits per heavy atom. The molecule has 8 heteroatoms. The highest BCUT2D eigenvalue weighted by Crippen LogP contribution is 2.32. The lowest BCUT2D eigenvalue weighted by molar-refractivity contribution is -0.115. The largest absolute Gasteiger partial charge is 0.422 e. The number of aliphatic imine (C=N–C) groups is 1. The number of amides is 1. The summed E-state index contributed by atoms with van der Waals surface area (Å²) in [6.07, 6.45) is 8.08. The summed E-state index contributed by atoms with van der Waals surface area (Å²) < 4.78 is 7.28. The molecule has 2 aliphatic rings. The molecule has 1 N–H and O–H groups in total. The standard InChI is InChI=1S/C27H22N4O3S/c32-25-23(35-27(29-25)28-19-9-5-6-10-19)15-18-16-31(20-11-2-1-3-12-20)30-24(18)21-14-17-8-4-7-13-22(17)34-26(21)33/h1-4,7-8,11-16,19H,5-6,9-10H2,(H,28,29,32)/b23-15-. The van der Waals surface area contributed by atoms with Crippen LogP contribution in [0.4, 0.5) is 0 Å². The minimum Gasteiger partial charge on any atom is -0.422 e. The van der Waals surface area contributed by atoms with Gasteiger partial charge in [0.1, 0.15) is 11.3 Å². The van der Waals surface area contributed by atoms with Crippen molar-refractivity contribution >= 4 is 39.9 Å². The van der Waals surface area contributed by atoms with Gasteiger partial charge < -0.3 is 9.73 Å². The van der Waals surface area contributed by atoms with Gasteiger partial charge in [-0.3, -0.25) is 9.79 Å². The van der Waals surface area contributed by atoms with Crippen LogP contribution in [0.25, 0.3) is 34.0 Å². The Labute approximate surface area is 205 Å². The number of benzene rings is 2. The summed E-state index contributed by atoms with van der Waals surface area (Å²) in [7, 11) is 0. The molecule has 6 rings (SSSR count). The summed E-state index contributed by atoms with van der Waals surface area (Å²) in [6.45, 7) is 0. The van der Waals surface area contributed by atoms with Gasteiger partial charge in [0.05, 0.1) is 22.2 Å². The molecule has 0 radical (unpaired) electrons. The fraction of sp³-hybridized carbons (Fsp3) is 0.185. The number of amidine groups is 1. The van der Waals surface area contributed by atoms with Gasteiger partial charge in [0.25, 0.3) is 5.91 Å². The predicted molar refractivity (Wildman–Crippen MR) is 138 cm³/mol. The molecule has 2 fully saturated rings. The number of para-hydroxylation sites is 2. The van der Waals surface area contributed by atoms with Crippen LogP contribution in [-0.2, 0) is 4.79 Å². The molecule has 1 saturated heterocycles. The fourth-order valence-corrected chi connectivity index (χ4v) is 5.35. The molecule has 2 aromatic carbocycles. The van der Waals surface area contributed by atoms with Crippen molar-refractivity contribution in [1.29, 1.82) is 0 Å². The molecule has 35 heavy (non-hydrogen) atoms. The first-order valence-corrected chi connectivity index (χ1v) is 12.4. The molecule has 1 aliphatic carbocycles. The van der Waals surface area contributed by atoms with E-state index >= 15 is 0 Å². The van der Waals surface area contributed by atoms with E-state index in [1.165, 1.54) is 24.6 Å². The summed E-state index contributed by atoms with van der Waals surface area (Å²) >= 11 is 1.33. The highest BCUT2D eigenvalue weighted by atomic mass is 32.2. The summed E-state index contributed by atoms with van der Waals surface area (Å²) in [5, 5.41) is 9.05. The van der Waals surface area contributed by atoms with Gasteiger partial charge in [-0.05, 0) is 54.9 Å². The van der Waals surface area contributed by atoms with Gasteiger partial charge >= 0.3 is 5.63 Å². The first-order valence-electron chi connectivity index (χ1n) is 11.6. The highest BCUT2D eigenvalue weighted by molar-refractivity contribution is 8.18. The van der Waals surface area contributed by atoms with Crippen LogP contribution in [0.15, 0.2) is 86.0 Å². The molecular formula is C27H22N4O3S. The Balaban J connectivity index is 1.45. The molecule has 4 aromatic rings. The maximum Gasteiger partial charge on any atom is 0.345 e. The molecule has 1 amide bonds. The Hall–Kier alpha value is -3.91. The number of nitrogens with one attached hydrogen (secondary N) is 1. The number of fused-ring (bicyclic) bond motifs is 1. The van der Waals surface area contributed by atoms with Crippen LogP contribution in [0.2, 0.25) is 0 Å². The maximum atomic E-state index is 12.9. The minimum absolute atomic E-state index is 0.198. The van der Waals surface area contributed by atoms with Crippen LogP contribution < -0.4 is 10.9 Å². The Morgan fingerprint density at radius 3 is 2.66 bits per heavy atom. The van der Waals surface area contributed by atoms with Crippen molar-refractivity contribution in [3.8, 4) is 16.9 Å². The normalized spacial score (nSPS) is 18.7. The van der Waals surface area contributed by atoms with E-state index in [-0.39, 0.29) is 11.9 Å². The third-order valence-corrected chi connectivity index (χ3v) is 7.15. The lowest BCUT2D eigenvalue weighted by atomic mass is 10.1. The van der Waals surface area contributed by atoms with Crippen LogP contribution >= 0.6 is 11.8 Å². The number of aromatic nitrogens is 2.